The minimum absolute atomic E-state index is 0.216. The number of nitrogens with two attached hydrogens (primary N) is 1. The van der Waals surface area contributed by atoms with E-state index in [9.17, 15) is 5.26 Å². The van der Waals surface area contributed by atoms with Gasteiger partial charge in [-0.3, -0.25) is 9.97 Å². The van der Waals surface area contributed by atoms with Gasteiger partial charge in [0.15, 0.2) is 0 Å². The van der Waals surface area contributed by atoms with E-state index < -0.39 is 0 Å². The highest BCUT2D eigenvalue weighted by Gasteiger charge is 2.28. The number of aromatic nitrogens is 2. The first-order chi connectivity index (χ1) is 10.1. The molecule has 1 aromatic rings. The van der Waals surface area contributed by atoms with Gasteiger partial charge in [0.1, 0.15) is 11.8 Å². The summed E-state index contributed by atoms with van der Waals surface area (Å²) in [7, 11) is 0. The molecular weight excluding hydrogens is 260 g/mol. The summed E-state index contributed by atoms with van der Waals surface area (Å²) >= 11 is 0. The van der Waals surface area contributed by atoms with Gasteiger partial charge in [0.05, 0.1) is 11.3 Å². The van der Waals surface area contributed by atoms with Gasteiger partial charge in [-0.15, -0.1) is 0 Å². The molecule has 1 saturated carbocycles. The average Bonchev–Trinajstić information content (AvgIpc) is 2.47. The first-order valence-corrected chi connectivity index (χ1v) is 7.39. The summed E-state index contributed by atoms with van der Waals surface area (Å²) in [4.78, 5) is 8.76. The highest BCUT2D eigenvalue weighted by atomic mass is 14.8. The smallest absolute Gasteiger partial charge is 0.106 e. The Bertz CT molecular complexity index is 587. The van der Waals surface area contributed by atoms with Gasteiger partial charge in [-0.05, 0) is 43.6 Å². The molecule has 21 heavy (non-hydrogen) atoms. The van der Waals surface area contributed by atoms with Crippen LogP contribution in [-0.2, 0) is 0 Å². The topological polar surface area (TPSA) is 75.6 Å². The van der Waals surface area contributed by atoms with Crippen LogP contribution in [0.3, 0.4) is 0 Å². The van der Waals surface area contributed by atoms with Crippen molar-refractivity contribution in [2.75, 3.05) is 0 Å². The highest BCUT2D eigenvalue weighted by molar-refractivity contribution is 5.81. The molecule has 4 nitrogen and oxygen atoms in total. The molecule has 1 fully saturated rings. The Balaban J connectivity index is 2.34. The molecule has 1 aliphatic carbocycles. The quantitative estimate of drug-likeness (QED) is 0.864. The first-order valence-electron chi connectivity index (χ1n) is 7.39. The Morgan fingerprint density at radius 1 is 1.33 bits per heavy atom. The second kappa shape index (κ2) is 6.64. The van der Waals surface area contributed by atoms with E-state index in [0.717, 1.165) is 30.5 Å². The van der Waals surface area contributed by atoms with Crippen molar-refractivity contribution >= 4 is 11.1 Å². The Kier molecular flexibility index (Phi) is 4.87. The Morgan fingerprint density at radius 3 is 2.57 bits per heavy atom. The summed E-state index contributed by atoms with van der Waals surface area (Å²) < 4.78 is 0. The molecule has 1 heterocycles. The summed E-state index contributed by atoms with van der Waals surface area (Å²) in [6, 6.07) is 2.39. The SMILES string of the molecule is C=C(c1nccnc1/C(C#N)=C\C)[C@H]1C[C@H](C)C[C@H](N)C1. The number of nitrogens with zero attached hydrogens (tertiary/aromatic N) is 3. The van der Waals surface area contributed by atoms with Crippen LogP contribution in [0.5, 0.6) is 0 Å². The fourth-order valence-electron chi connectivity index (χ4n) is 3.16. The standard InChI is InChI=1S/C17H22N4/c1-4-13(10-18)17-16(20-5-6-21-17)12(3)14-7-11(2)8-15(19)9-14/h4-6,11,14-15H,3,7-9,19H2,1-2H3/b13-4-/t11-,14-,15-/m0/s1. The first kappa shape index (κ1) is 15.4. The van der Waals surface area contributed by atoms with E-state index in [1.807, 2.05) is 6.92 Å². The summed E-state index contributed by atoms with van der Waals surface area (Å²) in [5.74, 6) is 0.906. The van der Waals surface area contributed by atoms with Crippen molar-refractivity contribution < 1.29 is 0 Å². The molecule has 2 N–H and O–H groups in total. The molecule has 0 saturated heterocycles. The van der Waals surface area contributed by atoms with Crippen LogP contribution in [-0.4, -0.2) is 16.0 Å². The Hall–Kier alpha value is -1.99. The molecule has 4 heteroatoms. The maximum Gasteiger partial charge on any atom is 0.106 e. The molecule has 0 amide bonds. The van der Waals surface area contributed by atoms with Crippen molar-refractivity contribution in [2.45, 2.75) is 39.2 Å². The van der Waals surface area contributed by atoms with Crippen molar-refractivity contribution in [3.8, 4) is 6.07 Å². The third-order valence-electron chi connectivity index (χ3n) is 4.14. The summed E-state index contributed by atoms with van der Waals surface area (Å²) in [5.41, 5.74) is 8.99. The Labute approximate surface area is 126 Å². The predicted molar refractivity (Wildman–Crippen MR) is 84.8 cm³/mol. The average molecular weight is 282 g/mol. The zero-order valence-electron chi connectivity index (χ0n) is 12.7. The predicted octanol–water partition coefficient (Wildman–Crippen LogP) is 3.18. The number of hydrogen-bond acceptors (Lipinski definition) is 4. The van der Waals surface area contributed by atoms with Crippen molar-refractivity contribution in [2.24, 2.45) is 17.6 Å². The van der Waals surface area contributed by atoms with Crippen molar-refractivity contribution in [3.05, 3.63) is 36.4 Å². The molecular formula is C17H22N4. The molecule has 110 valence electrons. The van der Waals surface area contributed by atoms with Crippen molar-refractivity contribution in [1.82, 2.24) is 9.97 Å². The second-order valence-electron chi connectivity index (χ2n) is 5.86. The Morgan fingerprint density at radius 2 is 2.00 bits per heavy atom. The van der Waals surface area contributed by atoms with Crippen LogP contribution in [0, 0.1) is 23.2 Å². The van der Waals surface area contributed by atoms with E-state index in [2.05, 4.69) is 29.5 Å². The van der Waals surface area contributed by atoms with Crippen LogP contribution in [0.4, 0.5) is 0 Å². The zero-order valence-corrected chi connectivity index (χ0v) is 12.7. The van der Waals surface area contributed by atoms with Gasteiger partial charge in [-0.25, -0.2) is 0 Å². The third-order valence-corrected chi connectivity index (χ3v) is 4.14. The lowest BCUT2D eigenvalue weighted by Gasteiger charge is -2.32. The number of allylic oxidation sites excluding steroid dienone is 3. The van der Waals surface area contributed by atoms with Gasteiger partial charge in [-0.1, -0.05) is 19.6 Å². The molecule has 0 radical (unpaired) electrons. The molecule has 2 rings (SSSR count). The van der Waals surface area contributed by atoms with Gasteiger partial charge in [0.2, 0.25) is 0 Å². The van der Waals surface area contributed by atoms with Gasteiger partial charge in [0, 0.05) is 18.4 Å². The van der Waals surface area contributed by atoms with Crippen LogP contribution in [0.1, 0.15) is 44.5 Å². The summed E-state index contributed by atoms with van der Waals surface area (Å²) in [6.07, 6.45) is 8.09. The summed E-state index contributed by atoms with van der Waals surface area (Å²) in [5, 5.41) is 9.24. The van der Waals surface area contributed by atoms with E-state index >= 15 is 0 Å². The highest BCUT2D eigenvalue weighted by Crippen LogP contribution is 2.37. The minimum atomic E-state index is 0.216. The maximum atomic E-state index is 9.24. The van der Waals surface area contributed by atoms with Crippen LogP contribution in [0.25, 0.3) is 11.1 Å². The van der Waals surface area contributed by atoms with Crippen molar-refractivity contribution in [1.29, 1.82) is 5.26 Å². The summed E-state index contributed by atoms with van der Waals surface area (Å²) in [6.45, 7) is 8.29. The van der Waals surface area contributed by atoms with Gasteiger partial charge < -0.3 is 5.73 Å². The third kappa shape index (κ3) is 3.37. The molecule has 3 atom stereocenters. The molecule has 0 aliphatic heterocycles. The maximum absolute atomic E-state index is 9.24. The zero-order chi connectivity index (χ0) is 15.4. The fourth-order valence-corrected chi connectivity index (χ4v) is 3.16. The lowest BCUT2D eigenvalue weighted by atomic mass is 9.75. The molecule has 0 aromatic carbocycles. The van der Waals surface area contributed by atoms with Gasteiger partial charge in [-0.2, -0.15) is 5.26 Å². The van der Waals surface area contributed by atoms with E-state index in [1.54, 1.807) is 18.5 Å². The molecule has 1 aliphatic rings. The monoisotopic (exact) mass is 282 g/mol. The number of hydrogen-bond donors (Lipinski definition) is 1. The normalized spacial score (nSPS) is 26.2. The van der Waals surface area contributed by atoms with Crippen LogP contribution in [0.2, 0.25) is 0 Å². The van der Waals surface area contributed by atoms with Crippen LogP contribution < -0.4 is 5.73 Å². The molecule has 1 aromatic heterocycles. The minimum Gasteiger partial charge on any atom is -0.328 e. The van der Waals surface area contributed by atoms with Gasteiger partial charge >= 0.3 is 0 Å². The lowest BCUT2D eigenvalue weighted by Crippen LogP contribution is -2.32. The fraction of sp³-hybridized carbons (Fsp3) is 0.471. The van der Waals surface area contributed by atoms with E-state index in [4.69, 9.17) is 5.73 Å². The second-order valence-corrected chi connectivity index (χ2v) is 5.86. The van der Waals surface area contributed by atoms with Gasteiger partial charge in [0.25, 0.3) is 0 Å². The van der Waals surface area contributed by atoms with E-state index in [-0.39, 0.29) is 6.04 Å². The largest absolute Gasteiger partial charge is 0.328 e. The molecule has 0 unspecified atom stereocenters. The van der Waals surface area contributed by atoms with Crippen LogP contribution in [0.15, 0.2) is 25.0 Å². The lowest BCUT2D eigenvalue weighted by molar-refractivity contribution is 0.297. The molecule has 0 spiro atoms. The van der Waals surface area contributed by atoms with Crippen LogP contribution >= 0.6 is 0 Å². The van der Waals surface area contributed by atoms with Crippen molar-refractivity contribution in [3.63, 3.8) is 0 Å². The number of rotatable bonds is 3. The van der Waals surface area contributed by atoms with E-state index in [0.29, 0.717) is 23.1 Å². The molecule has 0 bridgehead atoms. The number of nitriles is 1. The van der Waals surface area contributed by atoms with E-state index in [1.165, 1.54) is 0 Å².